The second-order valence-electron chi connectivity index (χ2n) is 8.76. The quantitative estimate of drug-likeness (QED) is 0.625. The van der Waals surface area contributed by atoms with Crippen LogP contribution in [0.3, 0.4) is 0 Å². The van der Waals surface area contributed by atoms with Crippen LogP contribution < -0.4 is 5.32 Å². The normalized spacial score (nSPS) is 28.7. The summed E-state index contributed by atoms with van der Waals surface area (Å²) < 4.78 is 0. The molecule has 6 rings (SSSR count). The van der Waals surface area contributed by atoms with Gasteiger partial charge in [0.2, 0.25) is 0 Å². The minimum atomic E-state index is 0.732. The number of nitrogens with one attached hydrogen (secondary N) is 1. The van der Waals surface area contributed by atoms with E-state index in [0.29, 0.717) is 0 Å². The van der Waals surface area contributed by atoms with Gasteiger partial charge in [-0.1, -0.05) is 11.6 Å². The Kier molecular flexibility index (Phi) is 4.81. The van der Waals surface area contributed by atoms with Gasteiger partial charge < -0.3 is 5.32 Å². The van der Waals surface area contributed by atoms with Gasteiger partial charge in [-0.25, -0.2) is 0 Å². The van der Waals surface area contributed by atoms with Gasteiger partial charge in [0.25, 0.3) is 0 Å². The van der Waals surface area contributed by atoms with Crippen molar-refractivity contribution in [2.75, 3.05) is 18.4 Å². The molecule has 0 aliphatic heterocycles. The average molecular weight is 382 g/mol. The third-order valence-corrected chi connectivity index (χ3v) is 7.11. The van der Waals surface area contributed by atoms with Crippen LogP contribution in [0.5, 0.6) is 0 Å². The molecule has 1 aromatic heterocycles. The zero-order chi connectivity index (χ0) is 18.2. The fourth-order valence-electron chi connectivity index (χ4n) is 5.87. The molecule has 3 nitrogen and oxygen atoms in total. The van der Waals surface area contributed by atoms with Crippen molar-refractivity contribution < 1.29 is 0 Å². The Labute approximate surface area is 166 Å². The number of rotatable bonds is 6. The monoisotopic (exact) mass is 381 g/mol. The highest BCUT2D eigenvalue weighted by Crippen LogP contribution is 2.52. The largest absolute Gasteiger partial charge is 0.384 e. The molecule has 142 valence electrons. The van der Waals surface area contributed by atoms with Crippen LogP contribution in [-0.4, -0.2) is 23.8 Å². The highest BCUT2D eigenvalue weighted by molar-refractivity contribution is 6.31. The summed E-state index contributed by atoms with van der Waals surface area (Å²) in [6.07, 6.45) is 11.4. The second kappa shape index (κ2) is 7.43. The van der Waals surface area contributed by atoms with E-state index in [4.69, 9.17) is 16.6 Å². The van der Waals surface area contributed by atoms with Crippen LogP contribution in [0.1, 0.15) is 44.9 Å². The molecule has 4 heteroatoms. The molecular weight excluding hydrogens is 354 g/mol. The summed E-state index contributed by atoms with van der Waals surface area (Å²) in [6.45, 7) is 1.98. The fourth-order valence-corrected chi connectivity index (χ4v) is 6.03. The molecule has 0 saturated heterocycles. The van der Waals surface area contributed by atoms with Gasteiger partial charge in [-0.3, -0.25) is 9.98 Å². The number of fused-ring (bicyclic) bond motifs is 1. The Hall–Kier alpha value is -1.61. The molecule has 4 bridgehead atoms. The highest BCUT2D eigenvalue weighted by Gasteiger charge is 2.45. The van der Waals surface area contributed by atoms with Crippen molar-refractivity contribution in [1.82, 2.24) is 4.98 Å². The molecule has 0 amide bonds. The smallest absolute Gasteiger partial charge is 0.0737 e. The Bertz CT molecular complexity index is 830. The standard InChI is InChI=1S/C23H28ClN3/c24-19-3-4-20-21(5-8-26-22(20)14-19)25-6-1-2-7-27-23-17-10-15-9-16(12-17)13-18(23)11-15/h3-5,8,14-18H,1-2,6-7,9-13H2,(H,25,26). The average Bonchev–Trinajstić information content (AvgIpc) is 2.65. The topological polar surface area (TPSA) is 37.3 Å². The number of aliphatic imine (C=N–C) groups is 1. The summed E-state index contributed by atoms with van der Waals surface area (Å²) in [5.74, 6) is 3.74. The minimum Gasteiger partial charge on any atom is -0.384 e. The van der Waals surface area contributed by atoms with Crippen molar-refractivity contribution in [2.45, 2.75) is 44.9 Å². The number of aromatic nitrogens is 1. The molecule has 4 aliphatic carbocycles. The number of hydrogen-bond donors (Lipinski definition) is 1. The lowest BCUT2D eigenvalue weighted by atomic mass is 9.55. The Morgan fingerprint density at radius 2 is 1.78 bits per heavy atom. The predicted octanol–water partition coefficient (Wildman–Crippen LogP) is 5.98. The number of pyridine rings is 1. The molecule has 1 aromatic carbocycles. The summed E-state index contributed by atoms with van der Waals surface area (Å²) in [7, 11) is 0. The van der Waals surface area contributed by atoms with E-state index >= 15 is 0 Å². The SMILES string of the molecule is Clc1ccc2c(NCCCCN=C3C4CC5CC(C4)CC3C5)ccnc2c1. The van der Waals surface area contributed by atoms with Gasteiger partial charge in [0, 0.05) is 41.1 Å². The van der Waals surface area contributed by atoms with Crippen molar-refractivity contribution in [3.05, 3.63) is 35.5 Å². The molecule has 2 aromatic rings. The molecular formula is C23H28ClN3. The van der Waals surface area contributed by atoms with Crippen LogP contribution in [0.25, 0.3) is 10.9 Å². The molecule has 27 heavy (non-hydrogen) atoms. The number of nitrogens with zero attached hydrogens (tertiary/aromatic N) is 2. The zero-order valence-electron chi connectivity index (χ0n) is 15.8. The number of halogens is 1. The maximum atomic E-state index is 6.07. The van der Waals surface area contributed by atoms with Crippen molar-refractivity contribution in [1.29, 1.82) is 0 Å². The molecule has 0 radical (unpaired) electrons. The molecule has 4 fully saturated rings. The third-order valence-electron chi connectivity index (χ3n) is 6.87. The van der Waals surface area contributed by atoms with Crippen LogP contribution in [0.4, 0.5) is 5.69 Å². The lowest BCUT2D eigenvalue weighted by Crippen LogP contribution is -2.45. The first kappa shape index (κ1) is 17.5. The summed E-state index contributed by atoms with van der Waals surface area (Å²) in [5.41, 5.74) is 3.69. The number of benzene rings is 1. The molecule has 0 spiro atoms. The molecule has 1 N–H and O–H groups in total. The van der Waals surface area contributed by atoms with Gasteiger partial charge in [-0.15, -0.1) is 0 Å². The van der Waals surface area contributed by atoms with E-state index in [2.05, 4.69) is 10.3 Å². The van der Waals surface area contributed by atoms with Crippen LogP contribution in [0.2, 0.25) is 5.02 Å². The maximum absolute atomic E-state index is 6.07. The van der Waals surface area contributed by atoms with E-state index in [9.17, 15) is 0 Å². The molecule has 4 saturated carbocycles. The van der Waals surface area contributed by atoms with Gasteiger partial charge in [0.05, 0.1) is 5.52 Å². The lowest BCUT2D eigenvalue weighted by Gasteiger charge is -2.50. The second-order valence-corrected chi connectivity index (χ2v) is 9.20. The molecule has 0 atom stereocenters. The van der Waals surface area contributed by atoms with E-state index in [-0.39, 0.29) is 0 Å². The lowest BCUT2D eigenvalue weighted by molar-refractivity contribution is 0.108. The van der Waals surface area contributed by atoms with E-state index in [0.717, 1.165) is 71.2 Å². The first-order chi connectivity index (χ1) is 13.3. The van der Waals surface area contributed by atoms with Gasteiger partial charge in [0.15, 0.2) is 0 Å². The summed E-state index contributed by atoms with van der Waals surface area (Å²) >= 11 is 6.07. The Morgan fingerprint density at radius 1 is 1.00 bits per heavy atom. The first-order valence-electron chi connectivity index (χ1n) is 10.6. The minimum absolute atomic E-state index is 0.732. The summed E-state index contributed by atoms with van der Waals surface area (Å²) in [6, 6.07) is 7.94. The van der Waals surface area contributed by atoms with Gasteiger partial charge >= 0.3 is 0 Å². The number of anilines is 1. The van der Waals surface area contributed by atoms with Gasteiger partial charge in [0.1, 0.15) is 0 Å². The predicted molar refractivity (Wildman–Crippen MR) is 114 cm³/mol. The van der Waals surface area contributed by atoms with Gasteiger partial charge in [-0.05, 0) is 92.9 Å². The third kappa shape index (κ3) is 3.59. The highest BCUT2D eigenvalue weighted by atomic mass is 35.5. The van der Waals surface area contributed by atoms with Crippen molar-refractivity contribution in [3.8, 4) is 0 Å². The van der Waals surface area contributed by atoms with Crippen molar-refractivity contribution >= 4 is 33.9 Å². The Balaban J connectivity index is 1.12. The van der Waals surface area contributed by atoms with Crippen molar-refractivity contribution in [3.63, 3.8) is 0 Å². The van der Waals surface area contributed by atoms with E-state index in [1.165, 1.54) is 32.1 Å². The van der Waals surface area contributed by atoms with Crippen molar-refractivity contribution in [2.24, 2.45) is 28.7 Å². The van der Waals surface area contributed by atoms with E-state index in [1.54, 1.807) is 5.71 Å². The molecule has 1 heterocycles. The molecule has 4 aliphatic rings. The van der Waals surface area contributed by atoms with Crippen LogP contribution in [0, 0.1) is 23.7 Å². The van der Waals surface area contributed by atoms with Crippen LogP contribution >= 0.6 is 11.6 Å². The van der Waals surface area contributed by atoms with Crippen LogP contribution in [-0.2, 0) is 0 Å². The van der Waals surface area contributed by atoms with E-state index < -0.39 is 0 Å². The van der Waals surface area contributed by atoms with E-state index in [1.807, 2.05) is 30.5 Å². The first-order valence-corrected chi connectivity index (χ1v) is 11.0. The molecule has 0 unspecified atom stereocenters. The number of hydrogen-bond acceptors (Lipinski definition) is 3. The zero-order valence-corrected chi connectivity index (χ0v) is 16.6. The fraction of sp³-hybridized carbons (Fsp3) is 0.565. The number of unbranched alkanes of at least 4 members (excludes halogenated alkanes) is 1. The van der Waals surface area contributed by atoms with Crippen LogP contribution in [0.15, 0.2) is 35.5 Å². The van der Waals surface area contributed by atoms with Gasteiger partial charge in [-0.2, -0.15) is 0 Å². The summed E-state index contributed by atoms with van der Waals surface area (Å²) in [4.78, 5) is 9.50. The summed E-state index contributed by atoms with van der Waals surface area (Å²) in [5, 5.41) is 5.43. The Morgan fingerprint density at radius 3 is 2.56 bits per heavy atom. The maximum Gasteiger partial charge on any atom is 0.0737 e.